The van der Waals surface area contributed by atoms with E-state index in [1.807, 2.05) is 45.0 Å². The van der Waals surface area contributed by atoms with E-state index in [0.29, 0.717) is 24.4 Å². The van der Waals surface area contributed by atoms with E-state index in [1.54, 1.807) is 0 Å². The van der Waals surface area contributed by atoms with Crippen molar-refractivity contribution in [2.75, 3.05) is 6.79 Å². The molecule has 8 heteroatoms. The van der Waals surface area contributed by atoms with Crippen molar-refractivity contribution in [3.8, 4) is 11.5 Å². The number of tetrazole rings is 1. The first-order chi connectivity index (χ1) is 16.4. The summed E-state index contributed by atoms with van der Waals surface area (Å²) in [6.45, 7) is 5.88. The summed E-state index contributed by atoms with van der Waals surface area (Å²) in [6.07, 6.45) is 4.06. The van der Waals surface area contributed by atoms with E-state index in [4.69, 9.17) is 14.2 Å². The van der Waals surface area contributed by atoms with Gasteiger partial charge in [-0.3, -0.25) is 4.79 Å². The van der Waals surface area contributed by atoms with Gasteiger partial charge in [0.15, 0.2) is 17.3 Å². The summed E-state index contributed by atoms with van der Waals surface area (Å²) in [7, 11) is 0. The Bertz CT molecular complexity index is 1060. The number of aromatic amines is 1. The molecule has 8 nitrogen and oxygen atoms in total. The van der Waals surface area contributed by atoms with E-state index < -0.39 is 11.5 Å². The third kappa shape index (κ3) is 6.34. The molecule has 0 aliphatic carbocycles. The molecule has 180 valence electrons. The average Bonchev–Trinajstić information content (AvgIpc) is 3.49. The number of hydrogen-bond donors (Lipinski definition) is 1. The molecule has 0 saturated carbocycles. The molecule has 0 fully saturated rings. The minimum absolute atomic E-state index is 0.217. The van der Waals surface area contributed by atoms with Crippen LogP contribution in [0.1, 0.15) is 62.9 Å². The summed E-state index contributed by atoms with van der Waals surface area (Å²) in [6, 6.07) is 16.2. The maximum Gasteiger partial charge on any atom is 0.310 e. The number of H-pyrrole nitrogens is 1. The second-order valence-electron chi connectivity index (χ2n) is 9.64. The third-order valence-corrected chi connectivity index (χ3v) is 5.85. The van der Waals surface area contributed by atoms with Crippen LogP contribution >= 0.6 is 0 Å². The van der Waals surface area contributed by atoms with Crippen LogP contribution in [0.4, 0.5) is 0 Å². The quantitative estimate of drug-likeness (QED) is 0.345. The molecular formula is C26H32N4O4. The summed E-state index contributed by atoms with van der Waals surface area (Å²) in [5, 5.41) is 14.8. The molecule has 3 aromatic rings. The standard InChI is InChI=1S/C26H32N4O4/c1-26(2,3)34-25(31)20(12-8-7-11-18-9-5-4-6-10-18)21(24-27-29-30-28-24)15-19-13-14-22-23(16-19)33-17-32-22/h4-6,9-10,13-14,16,20-21H,7-8,11-12,15,17H2,1-3H3,(H,27,28,29,30)/t20-,21-/m0/s1. The van der Waals surface area contributed by atoms with Crippen molar-refractivity contribution in [3.63, 3.8) is 0 Å². The average molecular weight is 465 g/mol. The summed E-state index contributed by atoms with van der Waals surface area (Å²) in [4.78, 5) is 13.4. The number of nitrogens with zero attached hydrogens (tertiary/aromatic N) is 3. The first-order valence-electron chi connectivity index (χ1n) is 11.8. The molecule has 0 radical (unpaired) electrons. The normalized spacial score (nSPS) is 14.6. The first kappa shape index (κ1) is 23.7. The number of benzene rings is 2. The molecule has 0 spiro atoms. The lowest BCUT2D eigenvalue weighted by atomic mass is 9.82. The fourth-order valence-corrected chi connectivity index (χ4v) is 4.26. The highest BCUT2D eigenvalue weighted by Gasteiger charge is 2.35. The molecule has 0 saturated heterocycles. The van der Waals surface area contributed by atoms with Crippen LogP contribution in [0.15, 0.2) is 48.5 Å². The molecule has 1 aliphatic heterocycles. The Morgan fingerprint density at radius 3 is 2.59 bits per heavy atom. The van der Waals surface area contributed by atoms with E-state index in [9.17, 15) is 4.79 Å². The zero-order valence-electron chi connectivity index (χ0n) is 20.0. The molecular weight excluding hydrogens is 432 g/mol. The summed E-state index contributed by atoms with van der Waals surface area (Å²) in [5.41, 5.74) is 1.73. The summed E-state index contributed by atoms with van der Waals surface area (Å²) >= 11 is 0. The van der Waals surface area contributed by atoms with Crippen molar-refractivity contribution in [2.24, 2.45) is 5.92 Å². The number of ether oxygens (including phenoxy) is 3. The molecule has 1 aromatic heterocycles. The minimum Gasteiger partial charge on any atom is -0.460 e. The van der Waals surface area contributed by atoms with Crippen molar-refractivity contribution in [3.05, 3.63) is 65.5 Å². The zero-order valence-corrected chi connectivity index (χ0v) is 20.0. The van der Waals surface area contributed by atoms with Gasteiger partial charge in [0, 0.05) is 5.92 Å². The van der Waals surface area contributed by atoms with Crippen LogP contribution in [0.2, 0.25) is 0 Å². The van der Waals surface area contributed by atoms with Crippen molar-refractivity contribution in [2.45, 2.75) is 64.4 Å². The van der Waals surface area contributed by atoms with Crippen LogP contribution in [0.3, 0.4) is 0 Å². The highest BCUT2D eigenvalue weighted by molar-refractivity contribution is 5.74. The number of carbonyl (C=O) groups excluding carboxylic acids is 1. The molecule has 4 rings (SSSR count). The first-order valence-corrected chi connectivity index (χ1v) is 11.8. The van der Waals surface area contributed by atoms with Crippen molar-refractivity contribution in [1.29, 1.82) is 0 Å². The van der Waals surface area contributed by atoms with Gasteiger partial charge in [0.2, 0.25) is 6.79 Å². The number of carbonyl (C=O) groups is 1. The van der Waals surface area contributed by atoms with Gasteiger partial charge in [-0.1, -0.05) is 48.0 Å². The molecule has 1 aliphatic rings. The van der Waals surface area contributed by atoms with Gasteiger partial charge in [-0.05, 0) is 69.7 Å². The van der Waals surface area contributed by atoms with E-state index >= 15 is 0 Å². The van der Waals surface area contributed by atoms with Gasteiger partial charge in [0.05, 0.1) is 5.92 Å². The number of rotatable bonds is 10. The highest BCUT2D eigenvalue weighted by Crippen LogP contribution is 2.37. The van der Waals surface area contributed by atoms with Gasteiger partial charge in [-0.2, -0.15) is 5.21 Å². The maximum absolute atomic E-state index is 13.4. The van der Waals surface area contributed by atoms with E-state index in [2.05, 4.69) is 44.9 Å². The summed E-state index contributed by atoms with van der Waals surface area (Å²) in [5.74, 6) is 1.02. The number of esters is 1. The Kier molecular flexibility index (Phi) is 7.45. The number of nitrogens with one attached hydrogen (secondary N) is 1. The lowest BCUT2D eigenvalue weighted by Crippen LogP contribution is -2.33. The fourth-order valence-electron chi connectivity index (χ4n) is 4.26. The maximum atomic E-state index is 13.4. The molecule has 2 atom stereocenters. The summed E-state index contributed by atoms with van der Waals surface area (Å²) < 4.78 is 16.8. The predicted octanol–water partition coefficient (Wildman–Crippen LogP) is 4.63. The molecule has 0 bridgehead atoms. The second-order valence-corrected chi connectivity index (χ2v) is 9.64. The molecule has 1 N–H and O–H groups in total. The van der Waals surface area contributed by atoms with E-state index in [0.717, 1.165) is 30.6 Å². The molecule has 0 amide bonds. The number of aromatic nitrogens is 4. The minimum atomic E-state index is -0.583. The molecule has 34 heavy (non-hydrogen) atoms. The van der Waals surface area contributed by atoms with Crippen LogP contribution in [0, 0.1) is 5.92 Å². The smallest absolute Gasteiger partial charge is 0.310 e. The number of fused-ring (bicyclic) bond motifs is 1. The number of unbranched alkanes of at least 4 members (excludes halogenated alkanes) is 1. The van der Waals surface area contributed by atoms with E-state index in [-0.39, 0.29) is 18.7 Å². The molecule has 2 heterocycles. The monoisotopic (exact) mass is 464 g/mol. The van der Waals surface area contributed by atoms with Gasteiger partial charge >= 0.3 is 5.97 Å². The SMILES string of the molecule is CC(C)(C)OC(=O)[C@@H](CCCCc1ccccc1)[C@H](Cc1ccc2c(c1)OCO2)c1nn[nH]n1. The predicted molar refractivity (Wildman–Crippen MR) is 127 cm³/mol. The number of aryl methyl sites for hydroxylation is 1. The lowest BCUT2D eigenvalue weighted by Gasteiger charge is -2.28. The largest absolute Gasteiger partial charge is 0.460 e. The van der Waals surface area contributed by atoms with Gasteiger partial charge < -0.3 is 14.2 Å². The van der Waals surface area contributed by atoms with Crippen molar-refractivity contribution in [1.82, 2.24) is 20.6 Å². The third-order valence-electron chi connectivity index (χ3n) is 5.85. The molecule has 2 aromatic carbocycles. The second kappa shape index (κ2) is 10.7. The van der Waals surface area contributed by atoms with Gasteiger partial charge in [0.25, 0.3) is 0 Å². The van der Waals surface area contributed by atoms with Crippen LogP contribution in [0.5, 0.6) is 11.5 Å². The Balaban J connectivity index is 1.53. The number of hydrogen-bond acceptors (Lipinski definition) is 7. The van der Waals surface area contributed by atoms with E-state index in [1.165, 1.54) is 5.56 Å². The fraction of sp³-hybridized carbons (Fsp3) is 0.462. The van der Waals surface area contributed by atoms with Gasteiger partial charge in [0.1, 0.15) is 5.60 Å². The topological polar surface area (TPSA) is 99.2 Å². The van der Waals surface area contributed by atoms with Crippen molar-refractivity contribution >= 4 is 5.97 Å². The lowest BCUT2D eigenvalue weighted by molar-refractivity contribution is -0.161. The Labute approximate surface area is 200 Å². The highest BCUT2D eigenvalue weighted by atomic mass is 16.7. The van der Waals surface area contributed by atoms with Gasteiger partial charge in [-0.15, -0.1) is 10.2 Å². The van der Waals surface area contributed by atoms with Crippen LogP contribution in [0.25, 0.3) is 0 Å². The Morgan fingerprint density at radius 2 is 1.85 bits per heavy atom. The van der Waals surface area contributed by atoms with Crippen LogP contribution in [-0.4, -0.2) is 39.0 Å². The van der Waals surface area contributed by atoms with Crippen LogP contribution < -0.4 is 9.47 Å². The Hall–Kier alpha value is -3.42. The Morgan fingerprint density at radius 1 is 1.06 bits per heavy atom. The van der Waals surface area contributed by atoms with Crippen LogP contribution in [-0.2, 0) is 22.4 Å². The van der Waals surface area contributed by atoms with Gasteiger partial charge in [-0.25, -0.2) is 0 Å². The zero-order chi connectivity index (χ0) is 24.0. The molecule has 0 unspecified atom stereocenters. The van der Waals surface area contributed by atoms with Crippen molar-refractivity contribution < 1.29 is 19.0 Å².